The van der Waals surface area contributed by atoms with E-state index in [1.807, 2.05) is 56.3 Å². The number of Topliss-reactive ketones (excluding diaryl/α,β-unsaturated/α-hetero) is 1. The number of imide groups is 1. The molecule has 1 aliphatic heterocycles. The molecular formula is C34H28N2O5. The van der Waals surface area contributed by atoms with Crippen molar-refractivity contribution in [2.75, 3.05) is 11.5 Å². The Bertz CT molecular complexity index is 1710. The number of fused-ring (bicyclic) bond motifs is 2. The first-order chi connectivity index (χ1) is 19.8. The lowest BCUT2D eigenvalue weighted by molar-refractivity contribution is -0.122. The summed E-state index contributed by atoms with van der Waals surface area (Å²) in [4.78, 5) is 58.0. The van der Waals surface area contributed by atoms with Gasteiger partial charge in [-0.2, -0.15) is 0 Å². The van der Waals surface area contributed by atoms with E-state index in [1.54, 1.807) is 42.5 Å². The second-order valence-electron chi connectivity index (χ2n) is 10.7. The fraction of sp³-hybridized carbons (Fsp3) is 0.206. The smallest absolute Gasteiger partial charge is 0.339 e. The first kappa shape index (κ1) is 26.3. The van der Waals surface area contributed by atoms with Gasteiger partial charge in [-0.05, 0) is 57.0 Å². The number of nitrogens with zero attached hydrogens (tertiary/aromatic N) is 2. The SMILES string of the molecule is Cc1ccc(C(=O)COC(=O)c2cc(-c3ccc(N4C(=O)[C@H]5CC=CC[C@H]5C4=O)cc3)nc3ccc(C)cc23)cc1. The third-order valence-electron chi connectivity index (χ3n) is 7.82. The number of esters is 1. The Hall–Kier alpha value is -4.91. The Kier molecular flexibility index (Phi) is 6.79. The van der Waals surface area contributed by atoms with E-state index in [-0.39, 0.29) is 36.0 Å². The van der Waals surface area contributed by atoms with E-state index in [9.17, 15) is 19.2 Å². The number of ketones is 1. The van der Waals surface area contributed by atoms with E-state index < -0.39 is 5.97 Å². The van der Waals surface area contributed by atoms with Crippen molar-refractivity contribution in [3.8, 4) is 11.3 Å². The Morgan fingerprint density at radius 3 is 2.12 bits per heavy atom. The number of aromatic nitrogens is 1. The molecule has 2 heterocycles. The van der Waals surface area contributed by atoms with Gasteiger partial charge in [0.05, 0.1) is 34.3 Å². The lowest BCUT2D eigenvalue weighted by atomic mass is 9.85. The lowest BCUT2D eigenvalue weighted by Gasteiger charge is -2.15. The summed E-state index contributed by atoms with van der Waals surface area (Å²) in [5.41, 5.74) is 5.13. The fourth-order valence-corrected chi connectivity index (χ4v) is 5.52. The number of pyridine rings is 1. The summed E-state index contributed by atoms with van der Waals surface area (Å²) in [5, 5.41) is 0.627. The van der Waals surface area contributed by atoms with E-state index in [2.05, 4.69) is 0 Å². The third kappa shape index (κ3) is 4.95. The molecule has 0 unspecified atom stereocenters. The van der Waals surface area contributed by atoms with Gasteiger partial charge >= 0.3 is 5.97 Å². The maximum atomic E-state index is 13.3. The second-order valence-corrected chi connectivity index (χ2v) is 10.7. The molecule has 204 valence electrons. The molecule has 1 aromatic heterocycles. The molecule has 4 aromatic rings. The monoisotopic (exact) mass is 544 g/mol. The van der Waals surface area contributed by atoms with Crippen LogP contribution < -0.4 is 4.90 Å². The number of rotatable bonds is 6. The van der Waals surface area contributed by atoms with Gasteiger partial charge in [-0.3, -0.25) is 19.3 Å². The zero-order chi connectivity index (χ0) is 28.7. The molecule has 7 heteroatoms. The van der Waals surface area contributed by atoms with Gasteiger partial charge in [0.15, 0.2) is 12.4 Å². The molecule has 1 saturated heterocycles. The standard InChI is InChI=1S/C34H28N2O5/c1-20-7-10-23(11-8-20)31(37)19-41-34(40)28-18-30(35-29-16-9-21(2)17-27(28)29)22-12-14-24(15-13-22)36-32(38)25-5-3-4-6-26(25)33(36)39/h3-4,7-18,25-26H,5-6,19H2,1-2H3/t25-,26+. The maximum Gasteiger partial charge on any atom is 0.339 e. The van der Waals surface area contributed by atoms with E-state index >= 15 is 0 Å². The zero-order valence-corrected chi connectivity index (χ0v) is 22.8. The summed E-state index contributed by atoms with van der Waals surface area (Å²) in [7, 11) is 0. The van der Waals surface area contributed by atoms with Gasteiger partial charge in [0.1, 0.15) is 0 Å². The minimum absolute atomic E-state index is 0.165. The van der Waals surface area contributed by atoms with Crippen LogP contribution in [0.5, 0.6) is 0 Å². The molecule has 3 aromatic carbocycles. The molecule has 41 heavy (non-hydrogen) atoms. The van der Waals surface area contributed by atoms with Crippen LogP contribution in [0.1, 0.15) is 44.7 Å². The van der Waals surface area contributed by atoms with Crippen molar-refractivity contribution < 1.29 is 23.9 Å². The quantitative estimate of drug-likeness (QED) is 0.128. The van der Waals surface area contributed by atoms with Crippen LogP contribution in [-0.2, 0) is 14.3 Å². The van der Waals surface area contributed by atoms with Crippen molar-refractivity contribution in [1.29, 1.82) is 0 Å². The number of benzene rings is 3. The number of amides is 2. The molecule has 2 aliphatic rings. The molecule has 1 fully saturated rings. The molecule has 1 aliphatic carbocycles. The molecule has 6 rings (SSSR count). The number of hydrogen-bond acceptors (Lipinski definition) is 6. The number of ether oxygens (including phenoxy) is 1. The Balaban J connectivity index is 1.28. The molecule has 2 amide bonds. The van der Waals surface area contributed by atoms with Crippen LogP contribution in [0.3, 0.4) is 0 Å². The Morgan fingerprint density at radius 1 is 0.829 bits per heavy atom. The first-order valence-electron chi connectivity index (χ1n) is 13.6. The molecule has 7 nitrogen and oxygen atoms in total. The number of anilines is 1. The highest BCUT2D eigenvalue weighted by Gasteiger charge is 2.47. The number of allylic oxidation sites excluding steroid dienone is 2. The normalized spacial score (nSPS) is 18.0. The van der Waals surface area contributed by atoms with Crippen molar-refractivity contribution in [3.63, 3.8) is 0 Å². The summed E-state index contributed by atoms with van der Waals surface area (Å²) < 4.78 is 5.47. The highest BCUT2D eigenvalue weighted by molar-refractivity contribution is 6.22. The zero-order valence-electron chi connectivity index (χ0n) is 22.8. The van der Waals surface area contributed by atoms with Gasteiger partial charge in [-0.1, -0.05) is 65.7 Å². The summed E-state index contributed by atoms with van der Waals surface area (Å²) in [6.07, 6.45) is 5.10. The van der Waals surface area contributed by atoms with Crippen LogP contribution in [0.25, 0.3) is 22.2 Å². The van der Waals surface area contributed by atoms with E-state index in [0.29, 0.717) is 51.8 Å². The summed E-state index contributed by atoms with van der Waals surface area (Å²) in [5.74, 6) is -1.84. The fourth-order valence-electron chi connectivity index (χ4n) is 5.52. The van der Waals surface area contributed by atoms with Crippen LogP contribution >= 0.6 is 0 Å². The van der Waals surface area contributed by atoms with Gasteiger partial charge in [-0.15, -0.1) is 0 Å². The maximum absolute atomic E-state index is 13.3. The molecule has 0 saturated carbocycles. The van der Waals surface area contributed by atoms with Crippen LogP contribution in [0.15, 0.2) is 84.9 Å². The van der Waals surface area contributed by atoms with Gasteiger partial charge in [-0.25, -0.2) is 9.78 Å². The third-order valence-corrected chi connectivity index (χ3v) is 7.82. The molecule has 0 spiro atoms. The summed E-state index contributed by atoms with van der Waals surface area (Å²) >= 11 is 0. The van der Waals surface area contributed by atoms with Gasteiger partial charge < -0.3 is 4.74 Å². The van der Waals surface area contributed by atoms with Crippen LogP contribution in [0.4, 0.5) is 5.69 Å². The molecular weight excluding hydrogens is 516 g/mol. The van der Waals surface area contributed by atoms with E-state index in [0.717, 1.165) is 11.1 Å². The van der Waals surface area contributed by atoms with Gasteiger partial charge in [0.25, 0.3) is 0 Å². The van der Waals surface area contributed by atoms with E-state index in [1.165, 1.54) is 4.90 Å². The second kappa shape index (κ2) is 10.6. The number of carbonyl (C=O) groups excluding carboxylic acids is 4. The largest absolute Gasteiger partial charge is 0.454 e. The van der Waals surface area contributed by atoms with Gasteiger partial charge in [0.2, 0.25) is 11.8 Å². The summed E-state index contributed by atoms with van der Waals surface area (Å²) in [6.45, 7) is 3.48. The molecule has 0 N–H and O–H groups in total. The Labute approximate surface area is 237 Å². The van der Waals surface area contributed by atoms with E-state index in [4.69, 9.17) is 9.72 Å². The molecule has 0 radical (unpaired) electrons. The van der Waals surface area contributed by atoms with Crippen LogP contribution in [0.2, 0.25) is 0 Å². The highest BCUT2D eigenvalue weighted by atomic mass is 16.5. The number of aryl methyl sites for hydroxylation is 2. The van der Waals surface area contributed by atoms with Crippen molar-refractivity contribution >= 4 is 40.2 Å². The highest BCUT2D eigenvalue weighted by Crippen LogP contribution is 2.38. The number of carbonyl (C=O) groups is 4. The van der Waals surface area contributed by atoms with Crippen molar-refractivity contribution in [2.45, 2.75) is 26.7 Å². The molecule has 2 atom stereocenters. The minimum atomic E-state index is -0.620. The average molecular weight is 545 g/mol. The number of hydrogen-bond donors (Lipinski definition) is 0. The first-order valence-corrected chi connectivity index (χ1v) is 13.6. The van der Waals surface area contributed by atoms with Crippen molar-refractivity contribution in [3.05, 3.63) is 107 Å². The van der Waals surface area contributed by atoms with Crippen molar-refractivity contribution in [2.24, 2.45) is 11.8 Å². The predicted molar refractivity (Wildman–Crippen MR) is 156 cm³/mol. The lowest BCUT2D eigenvalue weighted by Crippen LogP contribution is -2.30. The topological polar surface area (TPSA) is 93.6 Å². The van der Waals surface area contributed by atoms with Crippen LogP contribution in [0, 0.1) is 25.7 Å². The predicted octanol–water partition coefficient (Wildman–Crippen LogP) is 6.01. The average Bonchev–Trinajstić information content (AvgIpc) is 3.25. The van der Waals surface area contributed by atoms with Crippen LogP contribution in [-0.4, -0.2) is 35.2 Å². The molecule has 0 bridgehead atoms. The summed E-state index contributed by atoms with van der Waals surface area (Å²) in [6, 6.07) is 21.4. The van der Waals surface area contributed by atoms with Gasteiger partial charge in [0, 0.05) is 16.5 Å². The minimum Gasteiger partial charge on any atom is -0.454 e. The Morgan fingerprint density at radius 2 is 1.46 bits per heavy atom. The van der Waals surface area contributed by atoms with Crippen molar-refractivity contribution in [1.82, 2.24) is 4.98 Å².